The lowest BCUT2D eigenvalue weighted by atomic mass is 9.97. The monoisotopic (exact) mass is 545 g/mol. The predicted octanol–water partition coefficient (Wildman–Crippen LogP) is 8.34. The average molecular weight is 546 g/mol. The van der Waals surface area contributed by atoms with Gasteiger partial charge in [0.1, 0.15) is 6.23 Å². The maximum Gasteiger partial charge on any atom is 0.129 e. The quantitative estimate of drug-likeness (QED) is 0.115. The summed E-state index contributed by atoms with van der Waals surface area (Å²) in [6, 6.07) is 6.43. The Kier molecular flexibility index (Phi) is 20.1. The van der Waals surface area contributed by atoms with Crippen LogP contribution in [0.5, 0.6) is 0 Å². The molecule has 1 unspecified atom stereocenters. The van der Waals surface area contributed by atoms with Crippen molar-refractivity contribution in [1.29, 1.82) is 0 Å². The summed E-state index contributed by atoms with van der Waals surface area (Å²) in [5.74, 6) is 3.71. The summed E-state index contributed by atoms with van der Waals surface area (Å²) in [4.78, 5) is 6.26. The molecule has 0 spiro atoms. The number of allylic oxidation sites excluding steroid dienone is 4. The van der Waals surface area contributed by atoms with Gasteiger partial charge in [-0.05, 0) is 68.2 Å². The molecule has 2 aliphatic rings. The second-order valence-corrected chi connectivity index (χ2v) is 9.84. The van der Waals surface area contributed by atoms with Crippen LogP contribution in [0.4, 0.5) is 5.69 Å². The third kappa shape index (κ3) is 13.8. The zero-order valence-electron chi connectivity index (χ0n) is 26.2. The van der Waals surface area contributed by atoms with Gasteiger partial charge in [-0.15, -0.1) is 25.2 Å². The van der Waals surface area contributed by atoms with Crippen molar-refractivity contribution in [2.45, 2.75) is 73.0 Å². The molecule has 0 aromatic heterocycles. The van der Waals surface area contributed by atoms with Gasteiger partial charge in [-0.25, -0.2) is 0 Å². The highest BCUT2D eigenvalue weighted by molar-refractivity contribution is 6.01. The number of aliphatic imine (C=N–C) groups is 1. The van der Waals surface area contributed by atoms with E-state index in [9.17, 15) is 0 Å². The number of aryl methyl sites for hydroxylation is 1. The van der Waals surface area contributed by atoms with E-state index in [-0.39, 0.29) is 6.23 Å². The number of benzene rings is 1. The van der Waals surface area contributed by atoms with Crippen molar-refractivity contribution in [3.63, 3.8) is 0 Å². The summed E-state index contributed by atoms with van der Waals surface area (Å²) in [6.45, 7) is 21.1. The number of terminal acetylenes is 2. The fourth-order valence-electron chi connectivity index (χ4n) is 4.04. The molecule has 1 aromatic carbocycles. The van der Waals surface area contributed by atoms with Gasteiger partial charge in [-0.2, -0.15) is 0 Å². The fraction of sp³-hybridized carbons (Fsp3) is 0.500. The second-order valence-electron chi connectivity index (χ2n) is 9.84. The summed E-state index contributed by atoms with van der Waals surface area (Å²) < 4.78 is 11.4. The SMILES string of the molecule is C#C.C#C[C@H](C)CCOCC[C@@H](C)C1=C[CH]1.C=C(C=NC)C(=C)c1cc(C)ccc1N(C)C1CCCCO1.CC. The Hall–Kier alpha value is -3.05. The van der Waals surface area contributed by atoms with Crippen molar-refractivity contribution in [2.75, 3.05) is 38.8 Å². The number of ether oxygens (including phenoxy) is 2. The van der Waals surface area contributed by atoms with Crippen LogP contribution in [0, 0.1) is 50.4 Å². The molecular formula is C36H53N2O2. The first kappa shape index (κ1) is 37.0. The van der Waals surface area contributed by atoms with Crippen LogP contribution in [0.25, 0.3) is 5.57 Å². The van der Waals surface area contributed by atoms with Gasteiger partial charge in [-0.3, -0.25) is 4.99 Å². The van der Waals surface area contributed by atoms with Crippen molar-refractivity contribution < 1.29 is 9.47 Å². The molecule has 1 aromatic rings. The normalized spacial score (nSPS) is 16.7. The number of anilines is 1. The molecule has 3 rings (SSSR count). The summed E-state index contributed by atoms with van der Waals surface area (Å²) >= 11 is 0. The fourth-order valence-corrected chi connectivity index (χ4v) is 4.04. The topological polar surface area (TPSA) is 34.1 Å². The molecule has 4 heteroatoms. The molecular weight excluding hydrogens is 492 g/mol. The molecule has 1 radical (unpaired) electrons. The molecule has 1 heterocycles. The molecule has 3 atom stereocenters. The van der Waals surface area contributed by atoms with Gasteiger partial charge in [0.25, 0.3) is 0 Å². The van der Waals surface area contributed by atoms with Crippen molar-refractivity contribution >= 4 is 17.5 Å². The van der Waals surface area contributed by atoms with Crippen LogP contribution < -0.4 is 4.90 Å². The number of rotatable bonds is 12. The van der Waals surface area contributed by atoms with Crippen molar-refractivity contribution in [2.24, 2.45) is 16.8 Å². The molecule has 1 aliphatic carbocycles. The highest BCUT2D eigenvalue weighted by Gasteiger charge is 2.22. The minimum atomic E-state index is 0.135. The Morgan fingerprint density at radius 2 is 1.85 bits per heavy atom. The maximum atomic E-state index is 5.91. The minimum Gasteiger partial charge on any atom is -0.381 e. The molecule has 0 amide bonds. The van der Waals surface area contributed by atoms with Crippen LogP contribution in [-0.2, 0) is 9.47 Å². The van der Waals surface area contributed by atoms with Gasteiger partial charge < -0.3 is 14.4 Å². The predicted molar refractivity (Wildman–Crippen MR) is 177 cm³/mol. The molecule has 219 valence electrons. The number of nitrogens with zero attached hydrogens (tertiary/aromatic N) is 2. The Morgan fingerprint density at radius 3 is 2.40 bits per heavy atom. The third-order valence-corrected chi connectivity index (χ3v) is 6.72. The Balaban J connectivity index is 0.000000729. The molecule has 1 aliphatic heterocycles. The van der Waals surface area contributed by atoms with Gasteiger partial charge >= 0.3 is 0 Å². The van der Waals surface area contributed by atoms with E-state index >= 15 is 0 Å². The Labute approximate surface area is 246 Å². The first-order valence-corrected chi connectivity index (χ1v) is 14.5. The van der Waals surface area contributed by atoms with Gasteiger partial charge in [0.05, 0.1) is 0 Å². The number of hydrogen-bond acceptors (Lipinski definition) is 4. The highest BCUT2D eigenvalue weighted by atomic mass is 16.5. The zero-order chi connectivity index (χ0) is 30.5. The minimum absolute atomic E-state index is 0.135. The molecule has 0 saturated carbocycles. The van der Waals surface area contributed by atoms with E-state index in [1.165, 1.54) is 17.6 Å². The van der Waals surface area contributed by atoms with E-state index in [0.717, 1.165) is 67.9 Å². The summed E-state index contributed by atoms with van der Waals surface area (Å²) in [7, 11) is 3.84. The zero-order valence-corrected chi connectivity index (χ0v) is 26.2. The van der Waals surface area contributed by atoms with E-state index in [4.69, 9.17) is 15.9 Å². The van der Waals surface area contributed by atoms with Crippen LogP contribution >= 0.6 is 0 Å². The van der Waals surface area contributed by atoms with E-state index in [2.05, 4.69) is 100 Å². The van der Waals surface area contributed by atoms with Gasteiger partial charge in [0.15, 0.2) is 0 Å². The Morgan fingerprint density at radius 1 is 1.20 bits per heavy atom. The largest absolute Gasteiger partial charge is 0.381 e. The van der Waals surface area contributed by atoms with Crippen LogP contribution in [0.2, 0.25) is 0 Å². The smallest absolute Gasteiger partial charge is 0.129 e. The maximum absolute atomic E-state index is 5.91. The van der Waals surface area contributed by atoms with Crippen LogP contribution in [0.3, 0.4) is 0 Å². The van der Waals surface area contributed by atoms with Crippen molar-refractivity contribution in [3.8, 4) is 25.2 Å². The van der Waals surface area contributed by atoms with Gasteiger partial charge in [0.2, 0.25) is 0 Å². The number of hydrogen-bond donors (Lipinski definition) is 0. The highest BCUT2D eigenvalue weighted by Crippen LogP contribution is 2.33. The van der Waals surface area contributed by atoms with Crippen molar-refractivity contribution in [3.05, 3.63) is 66.1 Å². The first-order chi connectivity index (χ1) is 19.3. The Bertz CT molecular complexity index is 1010. The second kappa shape index (κ2) is 21.7. The first-order valence-electron chi connectivity index (χ1n) is 14.5. The molecule has 0 bridgehead atoms. The van der Waals surface area contributed by atoms with E-state index in [1.54, 1.807) is 13.3 Å². The lowest BCUT2D eigenvalue weighted by molar-refractivity contribution is 0.0174. The lowest BCUT2D eigenvalue weighted by Gasteiger charge is -2.34. The van der Waals surface area contributed by atoms with Gasteiger partial charge in [0, 0.05) is 63.7 Å². The van der Waals surface area contributed by atoms with E-state index in [1.807, 2.05) is 13.8 Å². The molecule has 1 fully saturated rings. The summed E-state index contributed by atoms with van der Waals surface area (Å²) in [6.07, 6.45) is 25.0. The van der Waals surface area contributed by atoms with E-state index in [0.29, 0.717) is 11.8 Å². The van der Waals surface area contributed by atoms with Crippen molar-refractivity contribution in [1.82, 2.24) is 0 Å². The van der Waals surface area contributed by atoms with Crippen LogP contribution in [-0.4, -0.2) is 46.4 Å². The molecule has 40 heavy (non-hydrogen) atoms. The van der Waals surface area contributed by atoms with Crippen LogP contribution in [0.15, 0.2) is 53.6 Å². The third-order valence-electron chi connectivity index (χ3n) is 6.72. The van der Waals surface area contributed by atoms with E-state index < -0.39 is 0 Å². The standard InChI is InChI=1S/C19H26N2O.C13H19O.C2H6.C2H2/c1-14-9-10-18(21(5)19-8-6-7-11-22-19)17(12-14)16(3)15(2)13-20-4;1-4-11(2)7-9-14-10-8-12(3)13-5-6-13;2*1-2/h9-10,12-13,19H,2-3,6-8,11H2,1,4-5H3;1,5-6,11-12H,7-10H2,2-3H3;1-2H3;1-2H/t;11-,12+;;/m.0../s1. The summed E-state index contributed by atoms with van der Waals surface area (Å²) in [5, 5.41) is 0. The summed E-state index contributed by atoms with van der Waals surface area (Å²) in [5.41, 5.74) is 6.67. The van der Waals surface area contributed by atoms with Crippen LogP contribution in [0.1, 0.15) is 70.9 Å². The molecule has 4 nitrogen and oxygen atoms in total. The lowest BCUT2D eigenvalue weighted by Crippen LogP contribution is -2.37. The average Bonchev–Trinajstić information content (AvgIpc) is 3.85. The van der Waals surface area contributed by atoms with Gasteiger partial charge in [-0.1, -0.05) is 64.1 Å². The molecule has 0 N–H and O–H groups in total. The molecule has 1 saturated heterocycles.